The summed E-state index contributed by atoms with van der Waals surface area (Å²) in [4.78, 5) is 20.6. The van der Waals surface area contributed by atoms with Crippen LogP contribution in [0.1, 0.15) is 6.42 Å². The van der Waals surface area contributed by atoms with Crippen molar-refractivity contribution >= 4 is 28.3 Å². The van der Waals surface area contributed by atoms with Crippen LogP contribution < -0.4 is 10.2 Å². The third kappa shape index (κ3) is 4.46. The number of halogens is 1. The minimum absolute atomic E-state index is 0.0526. The fraction of sp³-hybridized carbons (Fsp3) is 0.400. The average molecular weight is 335 g/mol. The van der Waals surface area contributed by atoms with Gasteiger partial charge in [-0.15, -0.1) is 0 Å². The molecule has 2 heterocycles. The number of carbonyl (C=O) groups is 1. The Morgan fingerprint density at radius 3 is 2.61 bits per heavy atom. The number of benzene rings is 1. The van der Waals surface area contributed by atoms with Crippen LogP contribution in [-0.4, -0.2) is 52.9 Å². The maximum absolute atomic E-state index is 12.8. The Morgan fingerprint density at radius 1 is 1.22 bits per heavy atom. The first-order chi connectivity index (χ1) is 11.2. The molecular weight excluding hydrogens is 317 g/mol. The zero-order valence-electron chi connectivity index (χ0n) is 12.6. The van der Waals surface area contributed by atoms with Crippen LogP contribution in [0.4, 0.5) is 15.2 Å². The van der Waals surface area contributed by atoms with Crippen LogP contribution in [0.5, 0.6) is 0 Å². The van der Waals surface area contributed by atoms with Crippen molar-refractivity contribution in [3.8, 4) is 0 Å². The number of piperazine rings is 1. The van der Waals surface area contributed by atoms with Gasteiger partial charge in [0.05, 0.1) is 0 Å². The molecule has 0 unspecified atom stereocenters. The second-order valence-electron chi connectivity index (χ2n) is 5.36. The molecular formula is C15H18FN5OS. The minimum Gasteiger partial charge on any atom is -0.344 e. The van der Waals surface area contributed by atoms with Gasteiger partial charge in [-0.2, -0.15) is 4.37 Å². The monoisotopic (exact) mass is 335 g/mol. The molecule has 1 N–H and O–H groups in total. The number of anilines is 2. The van der Waals surface area contributed by atoms with Crippen molar-refractivity contribution in [3.05, 3.63) is 36.4 Å². The van der Waals surface area contributed by atoms with E-state index in [9.17, 15) is 9.18 Å². The Kier molecular flexibility index (Phi) is 5.14. The zero-order chi connectivity index (χ0) is 16.1. The quantitative estimate of drug-likeness (QED) is 0.903. The first-order valence-electron chi connectivity index (χ1n) is 7.50. The highest BCUT2D eigenvalue weighted by atomic mass is 32.1. The van der Waals surface area contributed by atoms with E-state index in [2.05, 4.69) is 24.5 Å². The molecule has 0 bridgehead atoms. The summed E-state index contributed by atoms with van der Waals surface area (Å²) in [5.41, 5.74) is 0.623. The second-order valence-corrected chi connectivity index (χ2v) is 6.12. The van der Waals surface area contributed by atoms with Gasteiger partial charge in [-0.3, -0.25) is 9.69 Å². The topological polar surface area (TPSA) is 61.4 Å². The lowest BCUT2D eigenvalue weighted by molar-refractivity contribution is -0.116. The lowest BCUT2D eigenvalue weighted by Gasteiger charge is -2.34. The van der Waals surface area contributed by atoms with E-state index in [0.29, 0.717) is 12.1 Å². The summed E-state index contributed by atoms with van der Waals surface area (Å²) in [5.74, 6) is -0.362. The van der Waals surface area contributed by atoms with E-state index in [4.69, 9.17) is 0 Å². The molecule has 0 saturated carbocycles. The maximum atomic E-state index is 12.8. The number of nitrogens with one attached hydrogen (secondary N) is 1. The van der Waals surface area contributed by atoms with Gasteiger partial charge in [0.15, 0.2) is 0 Å². The number of aromatic nitrogens is 2. The normalized spacial score (nSPS) is 15.6. The molecule has 1 saturated heterocycles. The fourth-order valence-electron chi connectivity index (χ4n) is 2.49. The van der Waals surface area contributed by atoms with Crippen molar-refractivity contribution in [2.75, 3.05) is 42.9 Å². The van der Waals surface area contributed by atoms with Crippen molar-refractivity contribution in [2.45, 2.75) is 6.42 Å². The summed E-state index contributed by atoms with van der Waals surface area (Å²) in [5, 5.41) is 3.74. The van der Waals surface area contributed by atoms with E-state index >= 15 is 0 Å². The standard InChI is InChI=1S/C15H18FN5OS/c16-12-1-3-13(4-2-12)19-14(22)5-6-20-7-9-21(10-8-20)15-17-11-18-23-15/h1-4,11H,5-10H2,(H,19,22). The van der Waals surface area contributed by atoms with Crippen LogP contribution in [0.15, 0.2) is 30.6 Å². The van der Waals surface area contributed by atoms with Gasteiger partial charge in [0.25, 0.3) is 0 Å². The molecule has 3 rings (SSSR count). The highest BCUT2D eigenvalue weighted by Crippen LogP contribution is 2.16. The van der Waals surface area contributed by atoms with Crippen LogP contribution in [0.2, 0.25) is 0 Å². The van der Waals surface area contributed by atoms with Crippen LogP contribution >= 0.6 is 11.5 Å². The molecule has 0 radical (unpaired) electrons. The van der Waals surface area contributed by atoms with E-state index in [-0.39, 0.29) is 11.7 Å². The number of hydrogen-bond acceptors (Lipinski definition) is 6. The molecule has 0 atom stereocenters. The Hall–Kier alpha value is -2.06. The second kappa shape index (κ2) is 7.47. The predicted molar refractivity (Wildman–Crippen MR) is 88.2 cm³/mol. The van der Waals surface area contributed by atoms with Gasteiger partial charge in [0.2, 0.25) is 11.0 Å². The third-order valence-electron chi connectivity index (χ3n) is 3.78. The van der Waals surface area contributed by atoms with Gasteiger partial charge in [-0.1, -0.05) is 0 Å². The lowest BCUT2D eigenvalue weighted by Crippen LogP contribution is -2.47. The van der Waals surface area contributed by atoms with Crippen molar-refractivity contribution in [3.63, 3.8) is 0 Å². The highest BCUT2D eigenvalue weighted by molar-refractivity contribution is 7.09. The van der Waals surface area contributed by atoms with Crippen molar-refractivity contribution in [1.29, 1.82) is 0 Å². The van der Waals surface area contributed by atoms with Gasteiger partial charge in [-0.25, -0.2) is 9.37 Å². The Morgan fingerprint density at radius 2 is 1.96 bits per heavy atom. The van der Waals surface area contributed by atoms with E-state index < -0.39 is 0 Å². The molecule has 6 nitrogen and oxygen atoms in total. The predicted octanol–water partition coefficient (Wildman–Crippen LogP) is 1.83. The van der Waals surface area contributed by atoms with Gasteiger partial charge >= 0.3 is 0 Å². The number of carbonyl (C=O) groups excluding carboxylic acids is 1. The molecule has 0 spiro atoms. The van der Waals surface area contributed by atoms with Crippen LogP contribution in [-0.2, 0) is 4.79 Å². The summed E-state index contributed by atoms with van der Waals surface area (Å²) in [7, 11) is 0. The van der Waals surface area contributed by atoms with Crippen molar-refractivity contribution in [1.82, 2.24) is 14.3 Å². The lowest BCUT2D eigenvalue weighted by atomic mass is 10.2. The van der Waals surface area contributed by atoms with E-state index in [0.717, 1.165) is 37.9 Å². The molecule has 1 fully saturated rings. The Balaban J connectivity index is 1.39. The molecule has 1 aliphatic heterocycles. The Bertz CT molecular complexity index is 626. The summed E-state index contributed by atoms with van der Waals surface area (Å²) in [6.45, 7) is 4.33. The molecule has 122 valence electrons. The number of nitrogens with zero attached hydrogens (tertiary/aromatic N) is 4. The fourth-order valence-corrected chi connectivity index (χ4v) is 3.07. The first-order valence-corrected chi connectivity index (χ1v) is 8.27. The van der Waals surface area contributed by atoms with E-state index in [1.807, 2.05) is 0 Å². The molecule has 1 amide bonds. The van der Waals surface area contributed by atoms with Crippen LogP contribution in [0.25, 0.3) is 0 Å². The molecule has 1 aromatic heterocycles. The SMILES string of the molecule is O=C(CCN1CCN(c2ncns2)CC1)Nc1ccc(F)cc1. The van der Waals surface area contributed by atoms with Gasteiger partial charge in [0.1, 0.15) is 12.1 Å². The van der Waals surface area contributed by atoms with Crippen LogP contribution in [0, 0.1) is 5.82 Å². The van der Waals surface area contributed by atoms with Crippen molar-refractivity contribution in [2.24, 2.45) is 0 Å². The number of amides is 1. The molecule has 1 aliphatic rings. The first kappa shape index (κ1) is 15.8. The summed E-state index contributed by atoms with van der Waals surface area (Å²) >= 11 is 1.41. The third-order valence-corrected chi connectivity index (χ3v) is 4.50. The molecule has 8 heteroatoms. The molecule has 1 aromatic carbocycles. The Labute approximate surface area is 138 Å². The summed E-state index contributed by atoms with van der Waals surface area (Å²) in [6.07, 6.45) is 2.00. The average Bonchev–Trinajstić information content (AvgIpc) is 3.10. The number of hydrogen-bond donors (Lipinski definition) is 1. The van der Waals surface area contributed by atoms with Crippen molar-refractivity contribution < 1.29 is 9.18 Å². The minimum atomic E-state index is -0.309. The van der Waals surface area contributed by atoms with E-state index in [1.165, 1.54) is 23.7 Å². The van der Waals surface area contributed by atoms with E-state index in [1.54, 1.807) is 18.5 Å². The largest absolute Gasteiger partial charge is 0.344 e. The molecule has 0 aliphatic carbocycles. The molecule has 23 heavy (non-hydrogen) atoms. The van der Waals surface area contributed by atoms with Gasteiger partial charge in [-0.05, 0) is 24.3 Å². The summed E-state index contributed by atoms with van der Waals surface area (Å²) in [6, 6.07) is 5.80. The highest BCUT2D eigenvalue weighted by Gasteiger charge is 2.19. The van der Waals surface area contributed by atoms with Crippen LogP contribution in [0.3, 0.4) is 0 Å². The van der Waals surface area contributed by atoms with Gasteiger partial charge < -0.3 is 10.2 Å². The zero-order valence-corrected chi connectivity index (χ0v) is 13.4. The van der Waals surface area contributed by atoms with Gasteiger partial charge in [0, 0.05) is 56.4 Å². The smallest absolute Gasteiger partial charge is 0.225 e. The molecule has 2 aromatic rings. The number of rotatable bonds is 5. The maximum Gasteiger partial charge on any atom is 0.225 e. The summed E-state index contributed by atoms with van der Waals surface area (Å²) < 4.78 is 16.8.